The normalized spacial score (nSPS) is 10.8. The van der Waals surface area contributed by atoms with Gasteiger partial charge in [-0.05, 0) is 0 Å². The van der Waals surface area contributed by atoms with Crippen LogP contribution >= 0.6 is 11.3 Å². The molecule has 0 aliphatic heterocycles. The van der Waals surface area contributed by atoms with E-state index in [0.29, 0.717) is 15.7 Å². The summed E-state index contributed by atoms with van der Waals surface area (Å²) in [7, 11) is 3.77. The Morgan fingerprint density at radius 3 is 2.61 bits per heavy atom. The first-order chi connectivity index (χ1) is 8.70. The molecule has 4 nitrogen and oxygen atoms in total. The van der Waals surface area contributed by atoms with Crippen molar-refractivity contribution in [2.45, 2.75) is 0 Å². The summed E-state index contributed by atoms with van der Waals surface area (Å²) in [5.74, 6) is 0. The molecular weight excluding hydrogens is 246 g/mol. The second-order valence-electron chi connectivity index (χ2n) is 3.90. The quantitative estimate of drug-likeness (QED) is 0.482. The third kappa shape index (κ3) is 2.81. The summed E-state index contributed by atoms with van der Waals surface area (Å²) >= 11 is 1.29. The Labute approximate surface area is 110 Å². The molecule has 0 saturated heterocycles. The Morgan fingerprint density at radius 2 is 2.00 bits per heavy atom. The van der Waals surface area contributed by atoms with Gasteiger partial charge in [-0.1, -0.05) is 41.7 Å². The maximum absolute atomic E-state index is 11.1. The number of carbonyl (C=O) groups excluding carboxylic acids is 1. The zero-order valence-electron chi connectivity index (χ0n) is 10.2. The van der Waals surface area contributed by atoms with E-state index in [0.717, 1.165) is 11.8 Å². The molecule has 0 spiro atoms. The van der Waals surface area contributed by atoms with Crippen LogP contribution in [0.2, 0.25) is 0 Å². The average molecular weight is 259 g/mol. The van der Waals surface area contributed by atoms with Crippen LogP contribution in [0, 0.1) is 0 Å². The van der Waals surface area contributed by atoms with Crippen LogP contribution in [0.3, 0.4) is 0 Å². The maximum Gasteiger partial charge on any atom is 0.211 e. The fraction of sp³-hybridized carbons (Fsp3) is 0.154. The van der Waals surface area contributed by atoms with Gasteiger partial charge in [0.2, 0.25) is 5.13 Å². The molecule has 0 aliphatic carbocycles. The largest absolute Gasteiger partial charge is 0.369 e. The van der Waals surface area contributed by atoms with Crippen molar-refractivity contribution in [3.8, 4) is 11.3 Å². The van der Waals surface area contributed by atoms with E-state index < -0.39 is 0 Å². The van der Waals surface area contributed by atoms with Crippen molar-refractivity contribution in [3.05, 3.63) is 35.2 Å². The molecule has 2 aromatic rings. The number of aliphatic imine (C=N–C) groups is 1. The molecule has 0 bridgehead atoms. The average Bonchev–Trinajstić information content (AvgIpc) is 2.80. The molecule has 0 atom stereocenters. The number of benzene rings is 1. The molecule has 0 unspecified atom stereocenters. The van der Waals surface area contributed by atoms with Gasteiger partial charge in [0.05, 0.1) is 16.9 Å². The van der Waals surface area contributed by atoms with Gasteiger partial charge in [-0.25, -0.2) is 9.98 Å². The fourth-order valence-electron chi connectivity index (χ4n) is 1.42. The van der Waals surface area contributed by atoms with E-state index in [-0.39, 0.29) is 0 Å². The minimum absolute atomic E-state index is 0.588. The van der Waals surface area contributed by atoms with Crippen molar-refractivity contribution >= 4 is 29.1 Å². The molecule has 92 valence electrons. The minimum atomic E-state index is 0.588. The van der Waals surface area contributed by atoms with E-state index in [1.165, 1.54) is 11.3 Å². The van der Waals surface area contributed by atoms with E-state index in [9.17, 15) is 4.79 Å². The van der Waals surface area contributed by atoms with Crippen molar-refractivity contribution in [2.75, 3.05) is 14.1 Å². The highest BCUT2D eigenvalue weighted by Crippen LogP contribution is 2.31. The zero-order chi connectivity index (χ0) is 13.0. The van der Waals surface area contributed by atoms with E-state index in [4.69, 9.17) is 0 Å². The second kappa shape index (κ2) is 5.55. The Balaban J connectivity index is 2.39. The lowest BCUT2D eigenvalue weighted by Gasteiger charge is -1.99. The molecular formula is C13H13N3OS. The molecule has 0 fully saturated rings. The van der Waals surface area contributed by atoms with E-state index in [1.54, 1.807) is 6.34 Å². The monoisotopic (exact) mass is 259 g/mol. The van der Waals surface area contributed by atoms with Crippen molar-refractivity contribution in [2.24, 2.45) is 4.99 Å². The summed E-state index contributed by atoms with van der Waals surface area (Å²) < 4.78 is 0. The Morgan fingerprint density at radius 1 is 1.28 bits per heavy atom. The van der Waals surface area contributed by atoms with Gasteiger partial charge < -0.3 is 4.90 Å². The number of aromatic nitrogens is 1. The van der Waals surface area contributed by atoms with Crippen LogP contribution in [-0.4, -0.2) is 36.6 Å². The number of hydrogen-bond donors (Lipinski definition) is 0. The molecule has 0 aliphatic rings. The lowest BCUT2D eigenvalue weighted by atomic mass is 10.1. The van der Waals surface area contributed by atoms with Crippen molar-refractivity contribution in [1.29, 1.82) is 0 Å². The van der Waals surface area contributed by atoms with Crippen LogP contribution in [0.4, 0.5) is 5.13 Å². The highest BCUT2D eigenvalue weighted by atomic mass is 32.1. The Hall–Kier alpha value is -2.01. The fourth-order valence-corrected chi connectivity index (χ4v) is 2.16. The van der Waals surface area contributed by atoms with Gasteiger partial charge in [0.1, 0.15) is 0 Å². The van der Waals surface area contributed by atoms with E-state index in [2.05, 4.69) is 9.98 Å². The smallest absolute Gasteiger partial charge is 0.211 e. The summed E-state index contributed by atoms with van der Waals surface area (Å²) in [6.45, 7) is 0. The van der Waals surface area contributed by atoms with Crippen LogP contribution in [0.25, 0.3) is 11.3 Å². The van der Waals surface area contributed by atoms with Gasteiger partial charge in [-0.2, -0.15) is 0 Å². The molecule has 1 aromatic heterocycles. The van der Waals surface area contributed by atoms with Crippen LogP contribution < -0.4 is 0 Å². The van der Waals surface area contributed by atoms with Gasteiger partial charge in [0, 0.05) is 19.7 Å². The number of hydrogen-bond acceptors (Lipinski definition) is 4. The standard InChI is InChI=1S/C13H13N3OS/c1-16(2)9-14-13-15-12(11(8-17)18-13)10-6-4-3-5-7-10/h3-9H,1-2H3. The first-order valence-electron chi connectivity index (χ1n) is 5.42. The van der Waals surface area contributed by atoms with Crippen LogP contribution in [0.5, 0.6) is 0 Å². The van der Waals surface area contributed by atoms with Crippen LogP contribution in [0.15, 0.2) is 35.3 Å². The summed E-state index contributed by atoms with van der Waals surface area (Å²) in [5.41, 5.74) is 1.63. The molecule has 1 aromatic carbocycles. The van der Waals surface area contributed by atoms with E-state index in [1.807, 2.05) is 49.3 Å². The first-order valence-corrected chi connectivity index (χ1v) is 6.24. The highest BCUT2D eigenvalue weighted by molar-refractivity contribution is 7.17. The number of nitrogens with zero attached hydrogens (tertiary/aromatic N) is 3. The van der Waals surface area contributed by atoms with Gasteiger partial charge >= 0.3 is 0 Å². The number of thiazole rings is 1. The van der Waals surface area contributed by atoms with Gasteiger partial charge in [0.25, 0.3) is 0 Å². The van der Waals surface area contributed by atoms with Crippen molar-refractivity contribution < 1.29 is 4.79 Å². The predicted octanol–water partition coefficient (Wildman–Crippen LogP) is 2.84. The van der Waals surface area contributed by atoms with Gasteiger partial charge in [0.15, 0.2) is 6.29 Å². The van der Waals surface area contributed by atoms with Gasteiger partial charge in [-0.3, -0.25) is 4.79 Å². The zero-order valence-corrected chi connectivity index (χ0v) is 11.0. The number of aldehydes is 1. The molecule has 0 N–H and O–H groups in total. The molecule has 1 heterocycles. The molecule has 2 rings (SSSR count). The molecule has 18 heavy (non-hydrogen) atoms. The van der Waals surface area contributed by atoms with Crippen LogP contribution in [0.1, 0.15) is 9.67 Å². The lowest BCUT2D eigenvalue weighted by molar-refractivity contribution is 0.112. The molecule has 0 amide bonds. The summed E-state index contributed by atoms with van der Waals surface area (Å²) in [6, 6.07) is 9.64. The number of rotatable bonds is 4. The summed E-state index contributed by atoms with van der Waals surface area (Å²) in [5, 5.41) is 0.588. The summed E-state index contributed by atoms with van der Waals surface area (Å²) in [4.78, 5) is 22.1. The Kier molecular flexibility index (Phi) is 3.84. The first kappa shape index (κ1) is 12.4. The minimum Gasteiger partial charge on any atom is -0.369 e. The second-order valence-corrected chi connectivity index (χ2v) is 4.91. The van der Waals surface area contributed by atoms with Crippen LogP contribution in [-0.2, 0) is 0 Å². The Bertz CT molecular complexity index is 561. The molecule has 0 radical (unpaired) electrons. The highest BCUT2D eigenvalue weighted by Gasteiger charge is 2.11. The van der Waals surface area contributed by atoms with Gasteiger partial charge in [-0.15, -0.1) is 0 Å². The third-order valence-electron chi connectivity index (χ3n) is 2.20. The topological polar surface area (TPSA) is 45.6 Å². The number of carbonyl (C=O) groups is 1. The van der Waals surface area contributed by atoms with Crippen molar-refractivity contribution in [3.63, 3.8) is 0 Å². The molecule has 5 heteroatoms. The summed E-state index contributed by atoms with van der Waals surface area (Å²) in [6.07, 6.45) is 2.50. The predicted molar refractivity (Wildman–Crippen MR) is 74.8 cm³/mol. The lowest BCUT2D eigenvalue weighted by Crippen LogP contribution is -2.06. The maximum atomic E-state index is 11.1. The van der Waals surface area contributed by atoms with E-state index >= 15 is 0 Å². The SMILES string of the molecule is CN(C)C=Nc1nc(-c2ccccc2)c(C=O)s1. The third-order valence-corrected chi connectivity index (χ3v) is 3.08. The van der Waals surface area contributed by atoms with Crippen molar-refractivity contribution in [1.82, 2.24) is 9.88 Å². The molecule has 0 saturated carbocycles.